The van der Waals surface area contributed by atoms with Gasteiger partial charge >= 0.3 is 0 Å². The number of likely N-dealkylation sites (tertiary alicyclic amines) is 1. The summed E-state index contributed by atoms with van der Waals surface area (Å²) in [5, 5.41) is 9.27. The van der Waals surface area contributed by atoms with E-state index in [1.165, 1.54) is 0 Å². The van der Waals surface area contributed by atoms with Crippen molar-refractivity contribution in [1.82, 2.24) is 4.90 Å². The highest BCUT2D eigenvalue weighted by Crippen LogP contribution is 2.32. The van der Waals surface area contributed by atoms with Crippen LogP contribution in [0.15, 0.2) is 18.2 Å². The van der Waals surface area contributed by atoms with Crippen LogP contribution in [-0.2, 0) is 6.61 Å². The van der Waals surface area contributed by atoms with E-state index in [4.69, 9.17) is 9.47 Å². The Morgan fingerprint density at radius 1 is 1.33 bits per heavy atom. The molecule has 1 aromatic rings. The van der Waals surface area contributed by atoms with Crippen LogP contribution < -0.4 is 9.47 Å². The monoisotopic (exact) mass is 251 g/mol. The van der Waals surface area contributed by atoms with Crippen LogP contribution in [0.3, 0.4) is 0 Å². The molecule has 18 heavy (non-hydrogen) atoms. The second-order valence-electron chi connectivity index (χ2n) is 4.73. The van der Waals surface area contributed by atoms with E-state index < -0.39 is 0 Å². The average molecular weight is 251 g/mol. The van der Waals surface area contributed by atoms with Crippen LogP contribution in [0.2, 0.25) is 0 Å². The molecular weight excluding hydrogens is 230 g/mol. The van der Waals surface area contributed by atoms with Crippen LogP contribution in [0, 0.1) is 0 Å². The minimum atomic E-state index is -0.0340. The molecule has 1 aliphatic heterocycles. The number of hydrogen-bond donors (Lipinski definition) is 1. The lowest BCUT2D eigenvalue weighted by atomic mass is 10.1. The van der Waals surface area contributed by atoms with Crippen LogP contribution in [0.1, 0.15) is 18.4 Å². The fourth-order valence-corrected chi connectivity index (χ4v) is 2.29. The van der Waals surface area contributed by atoms with Crippen LogP contribution in [0.5, 0.6) is 11.5 Å². The molecular formula is C14H21NO3. The third-order valence-corrected chi connectivity index (χ3v) is 3.39. The molecule has 4 nitrogen and oxygen atoms in total. The highest BCUT2D eigenvalue weighted by molar-refractivity contribution is 5.46. The zero-order valence-corrected chi connectivity index (χ0v) is 11.1. The third-order valence-electron chi connectivity index (χ3n) is 3.39. The molecule has 1 aromatic carbocycles. The fourth-order valence-electron chi connectivity index (χ4n) is 2.29. The first-order valence-corrected chi connectivity index (χ1v) is 6.36. The molecule has 0 bridgehead atoms. The fraction of sp³-hybridized carbons (Fsp3) is 0.571. The van der Waals surface area contributed by atoms with Crippen LogP contribution in [0.4, 0.5) is 0 Å². The van der Waals surface area contributed by atoms with Gasteiger partial charge in [-0.15, -0.1) is 0 Å². The zero-order chi connectivity index (χ0) is 13.0. The second kappa shape index (κ2) is 6.07. The molecule has 0 spiro atoms. The van der Waals surface area contributed by atoms with Crippen molar-refractivity contribution in [1.29, 1.82) is 0 Å². The van der Waals surface area contributed by atoms with Gasteiger partial charge in [0.25, 0.3) is 0 Å². The van der Waals surface area contributed by atoms with E-state index in [0.29, 0.717) is 5.75 Å². The maximum atomic E-state index is 9.27. The Morgan fingerprint density at radius 2 is 2.06 bits per heavy atom. The first kappa shape index (κ1) is 13.2. The number of benzene rings is 1. The Hall–Kier alpha value is -1.26. The van der Waals surface area contributed by atoms with E-state index >= 15 is 0 Å². The van der Waals surface area contributed by atoms with Gasteiger partial charge in [-0.1, -0.05) is 12.1 Å². The smallest absolute Gasteiger partial charge is 0.166 e. The first-order chi connectivity index (χ1) is 8.74. The van der Waals surface area contributed by atoms with Gasteiger partial charge in [0, 0.05) is 18.7 Å². The van der Waals surface area contributed by atoms with E-state index in [9.17, 15) is 5.11 Å². The maximum Gasteiger partial charge on any atom is 0.166 e. The molecule has 1 fully saturated rings. The van der Waals surface area contributed by atoms with Crippen molar-refractivity contribution in [2.45, 2.75) is 25.6 Å². The maximum absolute atomic E-state index is 9.27. The van der Waals surface area contributed by atoms with E-state index in [-0.39, 0.29) is 12.7 Å². The van der Waals surface area contributed by atoms with Gasteiger partial charge in [-0.2, -0.15) is 0 Å². The Bertz CT molecular complexity index is 387. The number of hydrogen-bond acceptors (Lipinski definition) is 4. The van der Waals surface area contributed by atoms with Crippen molar-refractivity contribution in [3.05, 3.63) is 23.8 Å². The molecule has 0 radical (unpaired) electrons. The number of aliphatic hydroxyl groups is 1. The summed E-state index contributed by atoms with van der Waals surface area (Å²) in [4.78, 5) is 2.31. The van der Waals surface area contributed by atoms with Gasteiger partial charge in [0.1, 0.15) is 6.10 Å². The molecule has 0 aromatic heterocycles. The van der Waals surface area contributed by atoms with Crippen molar-refractivity contribution in [2.24, 2.45) is 0 Å². The summed E-state index contributed by atoms with van der Waals surface area (Å²) in [6, 6.07) is 5.63. The normalized spacial score (nSPS) is 17.7. The summed E-state index contributed by atoms with van der Waals surface area (Å²) in [5.74, 6) is 1.39. The van der Waals surface area contributed by atoms with Gasteiger partial charge in [-0.05, 0) is 26.0 Å². The number of rotatable bonds is 4. The van der Waals surface area contributed by atoms with Gasteiger partial charge in [0.15, 0.2) is 11.5 Å². The van der Waals surface area contributed by atoms with Gasteiger partial charge in [-0.25, -0.2) is 0 Å². The lowest BCUT2D eigenvalue weighted by Gasteiger charge is -2.29. The van der Waals surface area contributed by atoms with Crippen LogP contribution >= 0.6 is 0 Å². The minimum Gasteiger partial charge on any atom is -0.492 e. The van der Waals surface area contributed by atoms with Crippen LogP contribution in [0.25, 0.3) is 0 Å². The molecule has 1 N–H and O–H groups in total. The average Bonchev–Trinajstić information content (AvgIpc) is 2.41. The second-order valence-corrected chi connectivity index (χ2v) is 4.73. The molecule has 1 saturated heterocycles. The first-order valence-electron chi connectivity index (χ1n) is 6.36. The summed E-state index contributed by atoms with van der Waals surface area (Å²) in [5.41, 5.74) is 0.767. The Kier molecular flexibility index (Phi) is 4.44. The quantitative estimate of drug-likeness (QED) is 0.883. The summed E-state index contributed by atoms with van der Waals surface area (Å²) in [6.07, 6.45) is 2.30. The molecule has 0 aliphatic carbocycles. The van der Waals surface area contributed by atoms with Crippen molar-refractivity contribution < 1.29 is 14.6 Å². The van der Waals surface area contributed by atoms with Crippen molar-refractivity contribution in [3.8, 4) is 11.5 Å². The highest BCUT2D eigenvalue weighted by Gasteiger charge is 2.20. The van der Waals surface area contributed by atoms with Gasteiger partial charge in [-0.3, -0.25) is 0 Å². The predicted octanol–water partition coefficient (Wildman–Crippen LogP) is 1.66. The summed E-state index contributed by atoms with van der Waals surface area (Å²) < 4.78 is 11.3. The van der Waals surface area contributed by atoms with E-state index in [2.05, 4.69) is 11.9 Å². The highest BCUT2D eigenvalue weighted by atomic mass is 16.5. The largest absolute Gasteiger partial charge is 0.492 e. The molecule has 1 aliphatic rings. The molecule has 0 atom stereocenters. The molecule has 0 saturated carbocycles. The molecule has 100 valence electrons. The third kappa shape index (κ3) is 2.94. The number of piperidine rings is 1. The van der Waals surface area contributed by atoms with Crippen molar-refractivity contribution in [3.63, 3.8) is 0 Å². The lowest BCUT2D eigenvalue weighted by Crippen LogP contribution is -2.35. The summed E-state index contributed by atoms with van der Waals surface area (Å²) in [6.45, 7) is 2.09. The van der Waals surface area contributed by atoms with Crippen LogP contribution in [-0.4, -0.2) is 43.4 Å². The van der Waals surface area contributed by atoms with Gasteiger partial charge in [0.05, 0.1) is 13.7 Å². The predicted molar refractivity (Wildman–Crippen MR) is 70.1 cm³/mol. The van der Waals surface area contributed by atoms with Gasteiger partial charge < -0.3 is 19.5 Å². The molecule has 2 rings (SSSR count). The van der Waals surface area contributed by atoms with Crippen molar-refractivity contribution >= 4 is 0 Å². The van der Waals surface area contributed by atoms with Crippen molar-refractivity contribution in [2.75, 3.05) is 27.2 Å². The summed E-state index contributed by atoms with van der Waals surface area (Å²) >= 11 is 0. The topological polar surface area (TPSA) is 41.9 Å². The molecule has 0 amide bonds. The number of aliphatic hydroxyl groups excluding tert-OH is 1. The Labute approximate surface area is 108 Å². The number of nitrogens with zero attached hydrogens (tertiary/aromatic N) is 1. The van der Waals surface area contributed by atoms with E-state index in [1.54, 1.807) is 7.11 Å². The number of methoxy groups -OCH3 is 1. The lowest BCUT2D eigenvalue weighted by molar-refractivity contribution is 0.110. The molecule has 4 heteroatoms. The molecule has 1 heterocycles. The van der Waals surface area contributed by atoms with E-state index in [0.717, 1.165) is 37.2 Å². The number of ether oxygens (including phenoxy) is 2. The van der Waals surface area contributed by atoms with E-state index in [1.807, 2.05) is 18.2 Å². The number of para-hydroxylation sites is 1. The SMILES string of the molecule is COc1c(CO)cccc1OC1CCN(C)CC1. The van der Waals surface area contributed by atoms with Gasteiger partial charge in [0.2, 0.25) is 0 Å². The Morgan fingerprint density at radius 3 is 2.67 bits per heavy atom. The zero-order valence-electron chi connectivity index (χ0n) is 11.1. The minimum absolute atomic E-state index is 0.0340. The standard InChI is InChI=1S/C14H21NO3/c1-15-8-6-12(7-9-15)18-13-5-3-4-11(10-16)14(13)17-2/h3-5,12,16H,6-10H2,1-2H3. The Balaban J connectivity index is 2.09. The molecule has 0 unspecified atom stereocenters. The summed E-state index contributed by atoms with van der Waals surface area (Å²) in [7, 11) is 3.74.